The number of likely N-dealkylation sites (tertiary alicyclic amines) is 1. The predicted octanol–water partition coefficient (Wildman–Crippen LogP) is 3.51. The minimum Gasteiger partial charge on any atom is -0.478 e. The number of carboxylic acid groups (broad SMARTS) is 1. The maximum Gasteiger partial charge on any atom is 0.335 e. The molecular formula is C23H21N3O4S. The summed E-state index contributed by atoms with van der Waals surface area (Å²) in [5.41, 5.74) is 1.58. The molecule has 2 aromatic carbocycles. The van der Waals surface area contributed by atoms with Gasteiger partial charge in [0.2, 0.25) is 5.91 Å². The van der Waals surface area contributed by atoms with Crippen LogP contribution in [0.1, 0.15) is 40.5 Å². The molecule has 8 heteroatoms. The SMILES string of the molecule is O=C(O)c1ccc(N2C(=O)C[C@H](N3CCC(c4nc5ccccc5s4)CC3)C2=O)cc1. The van der Waals surface area contributed by atoms with Crippen LogP contribution in [0.4, 0.5) is 5.69 Å². The third kappa shape index (κ3) is 3.62. The number of fused-ring (bicyclic) bond motifs is 1. The van der Waals surface area contributed by atoms with E-state index >= 15 is 0 Å². The number of thiazole rings is 1. The van der Waals surface area contributed by atoms with E-state index in [4.69, 9.17) is 10.1 Å². The Morgan fingerprint density at radius 2 is 1.74 bits per heavy atom. The van der Waals surface area contributed by atoms with Crippen molar-refractivity contribution in [3.05, 3.63) is 59.1 Å². The van der Waals surface area contributed by atoms with Gasteiger partial charge in [-0.2, -0.15) is 0 Å². The first kappa shape index (κ1) is 19.8. The molecule has 2 amide bonds. The van der Waals surface area contributed by atoms with Crippen LogP contribution in [-0.4, -0.2) is 51.9 Å². The Morgan fingerprint density at radius 1 is 1.03 bits per heavy atom. The number of rotatable bonds is 4. The van der Waals surface area contributed by atoms with E-state index in [9.17, 15) is 14.4 Å². The first-order valence-corrected chi connectivity index (χ1v) is 11.1. The van der Waals surface area contributed by atoms with Crippen molar-refractivity contribution in [2.75, 3.05) is 18.0 Å². The highest BCUT2D eigenvalue weighted by Gasteiger charge is 2.43. The molecule has 2 saturated heterocycles. The van der Waals surface area contributed by atoms with Crippen LogP contribution >= 0.6 is 11.3 Å². The summed E-state index contributed by atoms with van der Waals surface area (Å²) >= 11 is 1.74. The number of hydrogen-bond acceptors (Lipinski definition) is 6. The van der Waals surface area contributed by atoms with Crippen LogP contribution in [0, 0.1) is 0 Å². The summed E-state index contributed by atoms with van der Waals surface area (Å²) in [5, 5.41) is 10.2. The summed E-state index contributed by atoms with van der Waals surface area (Å²) in [6.45, 7) is 1.49. The summed E-state index contributed by atoms with van der Waals surface area (Å²) in [5.74, 6) is -1.14. The molecule has 1 atom stereocenters. The molecule has 0 radical (unpaired) electrons. The van der Waals surface area contributed by atoms with Crippen molar-refractivity contribution < 1.29 is 19.5 Å². The molecule has 0 bridgehead atoms. The third-order valence-corrected chi connectivity index (χ3v) is 7.32. The van der Waals surface area contributed by atoms with Gasteiger partial charge in [0.1, 0.15) is 0 Å². The zero-order valence-corrected chi connectivity index (χ0v) is 17.5. The quantitative estimate of drug-likeness (QED) is 0.631. The summed E-state index contributed by atoms with van der Waals surface area (Å²) in [6, 6.07) is 13.5. The number of hydrogen-bond donors (Lipinski definition) is 1. The average molecular weight is 436 g/mol. The number of carbonyl (C=O) groups is 3. The molecule has 0 spiro atoms. The first-order valence-electron chi connectivity index (χ1n) is 10.3. The van der Waals surface area contributed by atoms with Gasteiger partial charge in [0.05, 0.1) is 38.9 Å². The van der Waals surface area contributed by atoms with Gasteiger partial charge < -0.3 is 5.11 Å². The lowest BCUT2D eigenvalue weighted by Crippen LogP contribution is -2.45. The molecule has 0 aliphatic carbocycles. The predicted molar refractivity (Wildman–Crippen MR) is 117 cm³/mol. The molecule has 31 heavy (non-hydrogen) atoms. The van der Waals surface area contributed by atoms with Gasteiger partial charge in [-0.1, -0.05) is 12.1 Å². The minimum atomic E-state index is -1.04. The van der Waals surface area contributed by atoms with E-state index in [0.29, 0.717) is 11.6 Å². The van der Waals surface area contributed by atoms with Crippen molar-refractivity contribution in [3.63, 3.8) is 0 Å². The molecular weight excluding hydrogens is 414 g/mol. The largest absolute Gasteiger partial charge is 0.478 e. The summed E-state index contributed by atoms with van der Waals surface area (Å²) in [7, 11) is 0. The molecule has 5 rings (SSSR count). The van der Waals surface area contributed by atoms with Crippen LogP contribution in [0.5, 0.6) is 0 Å². The van der Waals surface area contributed by atoms with Crippen LogP contribution in [0.2, 0.25) is 0 Å². The Balaban J connectivity index is 1.26. The molecule has 0 unspecified atom stereocenters. The van der Waals surface area contributed by atoms with Crippen LogP contribution < -0.4 is 4.90 Å². The van der Waals surface area contributed by atoms with Gasteiger partial charge in [0.25, 0.3) is 5.91 Å². The molecule has 3 heterocycles. The highest BCUT2D eigenvalue weighted by atomic mass is 32.1. The van der Waals surface area contributed by atoms with Crippen molar-refractivity contribution in [1.29, 1.82) is 0 Å². The van der Waals surface area contributed by atoms with Crippen LogP contribution in [-0.2, 0) is 9.59 Å². The topological polar surface area (TPSA) is 90.8 Å². The van der Waals surface area contributed by atoms with E-state index < -0.39 is 12.0 Å². The standard InChI is InChI=1S/C23H21N3O4S/c27-20-13-18(22(28)26(20)16-7-5-15(6-8-16)23(29)30)25-11-9-14(10-12-25)21-24-17-3-1-2-4-19(17)31-21/h1-8,14,18H,9-13H2,(H,29,30)/t18-/m0/s1. The molecule has 158 valence electrons. The number of amides is 2. The molecule has 0 saturated carbocycles. The summed E-state index contributed by atoms with van der Waals surface area (Å²) in [4.78, 5) is 44.8. The number of piperidine rings is 1. The number of nitrogens with zero attached hydrogens (tertiary/aromatic N) is 3. The van der Waals surface area contributed by atoms with Crippen LogP contribution in [0.25, 0.3) is 10.2 Å². The fraction of sp³-hybridized carbons (Fsp3) is 0.304. The second-order valence-corrected chi connectivity index (χ2v) is 9.03. The highest BCUT2D eigenvalue weighted by Crippen LogP contribution is 2.35. The van der Waals surface area contributed by atoms with Gasteiger partial charge in [-0.15, -0.1) is 11.3 Å². The second-order valence-electron chi connectivity index (χ2n) is 7.97. The lowest BCUT2D eigenvalue weighted by molar-refractivity contribution is -0.123. The number of aromatic nitrogens is 1. The van der Waals surface area contributed by atoms with Crippen molar-refractivity contribution >= 4 is 45.0 Å². The highest BCUT2D eigenvalue weighted by molar-refractivity contribution is 7.18. The van der Waals surface area contributed by atoms with Gasteiger partial charge in [0, 0.05) is 5.92 Å². The smallest absolute Gasteiger partial charge is 0.335 e. The van der Waals surface area contributed by atoms with Gasteiger partial charge in [-0.3, -0.25) is 14.5 Å². The Labute approximate surface area is 182 Å². The van der Waals surface area contributed by atoms with Gasteiger partial charge in [-0.05, 0) is 62.3 Å². The Hall–Kier alpha value is -3.10. The van der Waals surface area contributed by atoms with E-state index in [2.05, 4.69) is 11.0 Å². The van der Waals surface area contributed by atoms with Gasteiger partial charge in [-0.25, -0.2) is 14.7 Å². The van der Waals surface area contributed by atoms with Crippen LogP contribution in [0.3, 0.4) is 0 Å². The lowest BCUT2D eigenvalue weighted by Gasteiger charge is -2.34. The molecule has 2 aliphatic heterocycles. The van der Waals surface area contributed by atoms with E-state index in [0.717, 1.165) is 36.5 Å². The zero-order valence-electron chi connectivity index (χ0n) is 16.7. The van der Waals surface area contributed by atoms with E-state index in [1.165, 1.54) is 33.9 Å². The summed E-state index contributed by atoms with van der Waals surface area (Å²) in [6.07, 6.45) is 1.97. The average Bonchev–Trinajstić information content (AvgIpc) is 3.34. The normalized spacial score (nSPS) is 20.6. The summed E-state index contributed by atoms with van der Waals surface area (Å²) < 4.78 is 1.20. The number of imide groups is 1. The number of benzene rings is 2. The maximum absolute atomic E-state index is 13.0. The number of para-hydroxylation sites is 1. The molecule has 1 N–H and O–H groups in total. The van der Waals surface area contributed by atoms with E-state index in [1.807, 2.05) is 18.2 Å². The fourth-order valence-corrected chi connectivity index (χ4v) is 5.58. The van der Waals surface area contributed by atoms with E-state index in [-0.39, 0.29) is 23.8 Å². The number of anilines is 1. The van der Waals surface area contributed by atoms with Crippen LogP contribution in [0.15, 0.2) is 48.5 Å². The van der Waals surface area contributed by atoms with Crippen molar-refractivity contribution in [3.8, 4) is 0 Å². The molecule has 2 aliphatic rings. The number of carbonyl (C=O) groups excluding carboxylic acids is 2. The molecule has 3 aromatic rings. The Bertz CT molecular complexity index is 1130. The molecule has 1 aromatic heterocycles. The molecule has 2 fully saturated rings. The fourth-order valence-electron chi connectivity index (χ4n) is 4.45. The van der Waals surface area contributed by atoms with E-state index in [1.54, 1.807) is 11.3 Å². The van der Waals surface area contributed by atoms with Gasteiger partial charge in [0.15, 0.2) is 0 Å². The number of aromatic carboxylic acids is 1. The molecule has 7 nitrogen and oxygen atoms in total. The lowest BCUT2D eigenvalue weighted by atomic mass is 9.96. The third-order valence-electron chi connectivity index (χ3n) is 6.13. The monoisotopic (exact) mass is 435 g/mol. The van der Waals surface area contributed by atoms with Gasteiger partial charge >= 0.3 is 5.97 Å². The number of carboxylic acids is 1. The first-order chi connectivity index (χ1) is 15.0. The Kier molecular flexibility index (Phi) is 5.03. The Morgan fingerprint density at radius 3 is 2.42 bits per heavy atom. The zero-order chi connectivity index (χ0) is 21.5. The second kappa shape index (κ2) is 7.86. The van der Waals surface area contributed by atoms with Crippen molar-refractivity contribution in [2.45, 2.75) is 31.2 Å². The minimum absolute atomic E-state index is 0.122. The van der Waals surface area contributed by atoms with Crippen molar-refractivity contribution in [1.82, 2.24) is 9.88 Å². The van der Waals surface area contributed by atoms with Crippen molar-refractivity contribution in [2.24, 2.45) is 0 Å². The maximum atomic E-state index is 13.0.